The lowest BCUT2D eigenvalue weighted by Gasteiger charge is -2.29. The fourth-order valence-electron chi connectivity index (χ4n) is 1.57. The van der Waals surface area contributed by atoms with Crippen LogP contribution in [0, 0.1) is 0 Å². The second-order valence-corrected chi connectivity index (χ2v) is 5.28. The normalized spacial score (nSPS) is 11.1. The Morgan fingerprint density at radius 2 is 1.50 bits per heavy atom. The average molecular weight is 378 g/mol. The van der Waals surface area contributed by atoms with Gasteiger partial charge in [0.1, 0.15) is 0 Å². The summed E-state index contributed by atoms with van der Waals surface area (Å²) in [6.07, 6.45) is 6.84. The van der Waals surface area contributed by atoms with Crippen molar-refractivity contribution in [2.24, 2.45) is 0 Å². The van der Waals surface area contributed by atoms with Crippen molar-refractivity contribution in [3.8, 4) is 0 Å². The molecule has 3 heteroatoms. The van der Waals surface area contributed by atoms with E-state index in [1.165, 1.54) is 49.7 Å². The highest BCUT2D eigenvalue weighted by Crippen LogP contribution is 2.06. The predicted molar refractivity (Wildman–Crippen MR) is 64.4 cm³/mol. The Labute approximate surface area is 115 Å². The first-order chi connectivity index (χ1) is 6.12. The quantitative estimate of drug-likeness (QED) is 0.249. The Kier molecular flexibility index (Phi) is 13.4. The van der Waals surface area contributed by atoms with E-state index in [0.717, 1.165) is 5.33 Å². The highest BCUT2D eigenvalue weighted by atomic mass is 127. The van der Waals surface area contributed by atoms with E-state index in [-0.39, 0.29) is 24.0 Å². The average Bonchev–Trinajstić information content (AvgIpc) is 2.09. The van der Waals surface area contributed by atoms with E-state index in [4.69, 9.17) is 0 Å². The van der Waals surface area contributed by atoms with Crippen molar-refractivity contribution in [3.63, 3.8) is 0 Å². The van der Waals surface area contributed by atoms with Crippen LogP contribution in [0.1, 0.15) is 39.0 Å². The van der Waals surface area contributed by atoms with Gasteiger partial charge in [-0.2, -0.15) is 0 Å². The van der Waals surface area contributed by atoms with Crippen molar-refractivity contribution in [2.75, 3.05) is 32.5 Å². The first kappa shape index (κ1) is 17.6. The van der Waals surface area contributed by atoms with E-state index < -0.39 is 0 Å². The third kappa shape index (κ3) is 11.2. The number of unbranched alkanes of at least 4 members (excludes halogenated alkanes) is 3. The summed E-state index contributed by atoms with van der Waals surface area (Å²) in [4.78, 5) is 0. The predicted octanol–water partition coefficient (Wildman–Crippen LogP) is 0.432. The van der Waals surface area contributed by atoms with Crippen molar-refractivity contribution in [1.82, 2.24) is 0 Å². The van der Waals surface area contributed by atoms with E-state index in [1.807, 2.05) is 0 Å². The Morgan fingerprint density at radius 3 is 2.00 bits per heavy atom. The van der Waals surface area contributed by atoms with Gasteiger partial charge in [0.25, 0.3) is 0 Å². The molecule has 0 saturated carbocycles. The molecule has 1 nitrogen and oxygen atoms in total. The third-order valence-electron chi connectivity index (χ3n) is 2.51. The molecule has 0 aromatic carbocycles. The SMILES string of the molecule is CCCCCC[N+](C)(C)CCCBr.[I-]. The van der Waals surface area contributed by atoms with Crippen molar-refractivity contribution >= 4 is 15.9 Å². The van der Waals surface area contributed by atoms with Crippen LogP contribution in [-0.2, 0) is 0 Å². The van der Waals surface area contributed by atoms with Crippen LogP contribution in [0.15, 0.2) is 0 Å². The molecule has 0 spiro atoms. The molecule has 0 atom stereocenters. The molecule has 14 heavy (non-hydrogen) atoms. The smallest absolute Gasteiger partial charge is 0.0790 e. The van der Waals surface area contributed by atoms with Crippen molar-refractivity contribution in [1.29, 1.82) is 0 Å². The van der Waals surface area contributed by atoms with E-state index in [0.29, 0.717) is 0 Å². The Balaban J connectivity index is 0. The molecule has 0 fully saturated rings. The zero-order valence-electron chi connectivity index (χ0n) is 9.86. The van der Waals surface area contributed by atoms with Gasteiger partial charge in [0.2, 0.25) is 0 Å². The minimum absolute atomic E-state index is 0. The Morgan fingerprint density at radius 1 is 0.929 bits per heavy atom. The molecule has 0 heterocycles. The highest BCUT2D eigenvalue weighted by molar-refractivity contribution is 9.09. The molecule has 0 radical (unpaired) electrons. The van der Waals surface area contributed by atoms with Crippen molar-refractivity contribution in [2.45, 2.75) is 39.0 Å². The standard InChI is InChI=1S/C11H25BrN.HI/c1-4-5-6-7-10-13(2,3)11-8-9-12;/h4-11H2,1-3H3;1H/q+1;/p-1. The molecule has 0 aromatic rings. The summed E-state index contributed by atoms with van der Waals surface area (Å²) < 4.78 is 1.19. The molecule has 0 rings (SSSR count). The van der Waals surface area contributed by atoms with E-state index >= 15 is 0 Å². The van der Waals surface area contributed by atoms with Crippen LogP contribution in [0.3, 0.4) is 0 Å². The maximum atomic E-state index is 3.49. The highest BCUT2D eigenvalue weighted by Gasteiger charge is 2.12. The van der Waals surface area contributed by atoms with Crippen LogP contribution in [-0.4, -0.2) is 37.0 Å². The summed E-state index contributed by atoms with van der Waals surface area (Å²) in [5, 5.41) is 1.14. The largest absolute Gasteiger partial charge is 1.00 e. The molecule has 0 bridgehead atoms. The van der Waals surface area contributed by atoms with Gasteiger partial charge in [-0.15, -0.1) is 0 Å². The monoisotopic (exact) mass is 377 g/mol. The second kappa shape index (κ2) is 10.7. The molecule has 88 valence electrons. The fraction of sp³-hybridized carbons (Fsp3) is 1.00. The Hall–Kier alpha value is 1.17. The van der Waals surface area contributed by atoms with Gasteiger partial charge in [-0.3, -0.25) is 0 Å². The Bertz CT molecular complexity index is 118. The summed E-state index contributed by atoms with van der Waals surface area (Å²) in [6.45, 7) is 4.91. The lowest BCUT2D eigenvalue weighted by atomic mass is 10.2. The minimum Gasteiger partial charge on any atom is -1.00 e. The van der Waals surface area contributed by atoms with Crippen LogP contribution in [0.5, 0.6) is 0 Å². The topological polar surface area (TPSA) is 0 Å². The van der Waals surface area contributed by atoms with Gasteiger partial charge in [0.15, 0.2) is 0 Å². The molecule has 0 unspecified atom stereocenters. The summed E-state index contributed by atoms with van der Waals surface area (Å²) in [5.74, 6) is 0. The van der Waals surface area contributed by atoms with Crippen LogP contribution < -0.4 is 24.0 Å². The first-order valence-corrected chi connectivity index (χ1v) is 6.62. The number of hydrogen-bond donors (Lipinski definition) is 0. The number of alkyl halides is 1. The van der Waals surface area contributed by atoms with E-state index in [2.05, 4.69) is 36.9 Å². The molecule has 0 N–H and O–H groups in total. The van der Waals surface area contributed by atoms with Crippen LogP contribution in [0.25, 0.3) is 0 Å². The number of quaternary nitrogens is 1. The molecular weight excluding hydrogens is 353 g/mol. The fourth-order valence-corrected chi connectivity index (χ4v) is 1.82. The molecular formula is C11H25BrIN. The second-order valence-electron chi connectivity index (χ2n) is 4.49. The van der Waals surface area contributed by atoms with Crippen LogP contribution in [0.2, 0.25) is 0 Å². The number of nitrogens with zero attached hydrogens (tertiary/aromatic N) is 1. The number of hydrogen-bond acceptors (Lipinski definition) is 0. The number of halogens is 2. The molecule has 0 amide bonds. The van der Waals surface area contributed by atoms with Gasteiger partial charge >= 0.3 is 0 Å². The van der Waals surface area contributed by atoms with E-state index in [9.17, 15) is 0 Å². The maximum Gasteiger partial charge on any atom is 0.0790 e. The van der Waals surface area contributed by atoms with Gasteiger partial charge < -0.3 is 28.5 Å². The first-order valence-electron chi connectivity index (χ1n) is 5.50. The zero-order valence-corrected chi connectivity index (χ0v) is 13.6. The molecule has 0 aliphatic carbocycles. The lowest BCUT2D eigenvalue weighted by Crippen LogP contribution is -3.00. The van der Waals surface area contributed by atoms with Gasteiger partial charge in [-0.25, -0.2) is 0 Å². The summed E-state index contributed by atoms with van der Waals surface area (Å²) in [7, 11) is 4.68. The third-order valence-corrected chi connectivity index (χ3v) is 3.07. The maximum absolute atomic E-state index is 3.49. The molecule has 0 aliphatic rings. The van der Waals surface area contributed by atoms with Crippen LogP contribution >= 0.6 is 15.9 Å². The van der Waals surface area contributed by atoms with Crippen molar-refractivity contribution in [3.05, 3.63) is 0 Å². The molecule has 0 aliphatic heterocycles. The van der Waals surface area contributed by atoms with Gasteiger partial charge in [0, 0.05) is 11.8 Å². The molecule has 0 aromatic heterocycles. The van der Waals surface area contributed by atoms with Gasteiger partial charge in [0.05, 0.1) is 27.2 Å². The van der Waals surface area contributed by atoms with Gasteiger partial charge in [-0.1, -0.05) is 35.7 Å². The van der Waals surface area contributed by atoms with Gasteiger partial charge in [-0.05, 0) is 12.8 Å². The number of rotatable bonds is 8. The lowest BCUT2D eigenvalue weighted by molar-refractivity contribution is -0.890. The zero-order chi connectivity index (χ0) is 10.2. The molecule has 0 saturated heterocycles. The van der Waals surface area contributed by atoms with E-state index in [1.54, 1.807) is 0 Å². The van der Waals surface area contributed by atoms with Crippen molar-refractivity contribution < 1.29 is 28.5 Å². The summed E-state index contributed by atoms with van der Waals surface area (Å²) in [6, 6.07) is 0. The van der Waals surface area contributed by atoms with Crippen LogP contribution in [0.4, 0.5) is 0 Å². The summed E-state index contributed by atoms with van der Waals surface area (Å²) >= 11 is 3.49. The minimum atomic E-state index is 0. The summed E-state index contributed by atoms with van der Waals surface area (Å²) in [5.41, 5.74) is 0.